The molecule has 1 amide bonds. The molecule has 7 nitrogen and oxygen atoms in total. The fourth-order valence-corrected chi connectivity index (χ4v) is 5.74. The molecule has 1 atom stereocenters. The van der Waals surface area contributed by atoms with Crippen LogP contribution in [0.1, 0.15) is 31.0 Å². The van der Waals surface area contributed by atoms with Gasteiger partial charge in [0.05, 0.1) is 28.5 Å². The molecule has 3 aromatic carbocycles. The minimum Gasteiger partial charge on any atom is -0.490 e. The molecule has 0 spiro atoms. The van der Waals surface area contributed by atoms with Crippen LogP contribution in [-0.4, -0.2) is 23.7 Å². The van der Waals surface area contributed by atoms with Crippen molar-refractivity contribution in [1.82, 2.24) is 4.57 Å². The van der Waals surface area contributed by atoms with Crippen LogP contribution in [0.2, 0.25) is 5.02 Å². The Balaban J connectivity index is 1.62. The zero-order valence-electron chi connectivity index (χ0n) is 22.4. The first-order chi connectivity index (χ1) is 19.9. The lowest BCUT2D eigenvalue weighted by Gasteiger charge is -2.25. The number of halogens is 1. The van der Waals surface area contributed by atoms with Crippen LogP contribution >= 0.6 is 22.9 Å². The maximum Gasteiger partial charge on any atom is 0.271 e. The van der Waals surface area contributed by atoms with Crippen LogP contribution in [0.3, 0.4) is 0 Å². The van der Waals surface area contributed by atoms with Crippen molar-refractivity contribution in [2.45, 2.75) is 19.9 Å². The number of carbonyl (C=O) groups excluding carboxylic acids is 1. The fourth-order valence-electron chi connectivity index (χ4n) is 4.56. The number of carbonyl (C=O) groups is 1. The zero-order chi connectivity index (χ0) is 28.9. The van der Waals surface area contributed by atoms with Gasteiger partial charge in [0.2, 0.25) is 0 Å². The number of benzene rings is 3. The molecule has 5 rings (SSSR count). The Hall–Kier alpha value is -4.58. The topological polar surface area (TPSA) is 81.9 Å². The highest BCUT2D eigenvalue weighted by Gasteiger charge is 2.32. The molecule has 0 fully saturated rings. The zero-order valence-corrected chi connectivity index (χ0v) is 24.0. The molecular weight excluding hydrogens is 558 g/mol. The van der Waals surface area contributed by atoms with Crippen molar-refractivity contribution in [2.75, 3.05) is 18.5 Å². The van der Waals surface area contributed by atoms with E-state index in [1.54, 1.807) is 54.0 Å². The third kappa shape index (κ3) is 5.97. The summed E-state index contributed by atoms with van der Waals surface area (Å²) in [5.74, 6) is 3.16. The highest BCUT2D eigenvalue weighted by molar-refractivity contribution is 7.07. The van der Waals surface area contributed by atoms with Crippen LogP contribution in [0.4, 0.5) is 5.69 Å². The van der Waals surface area contributed by atoms with Crippen molar-refractivity contribution in [3.05, 3.63) is 120 Å². The van der Waals surface area contributed by atoms with Crippen LogP contribution in [0.25, 0.3) is 6.08 Å². The predicted molar refractivity (Wildman–Crippen MR) is 162 cm³/mol. The standard InChI is InChI=1S/C32H26ClN3O4S/c1-4-17-40-25-16-11-21(18-26(25)39-5-2)19-27-31(38)36-29(22-12-14-23(33)15-13-22)28(20(3)34-32(36)41-27)30(37)35-24-9-7-6-8-10-24/h1,6-16,18-19,29H,5,17H2,2-3H3,(H,35,37)/b27-19-/t29-/m0/s1. The number of ether oxygens (including phenoxy) is 2. The molecule has 206 valence electrons. The summed E-state index contributed by atoms with van der Waals surface area (Å²) < 4.78 is 13.4. The molecule has 1 N–H and O–H groups in total. The number of terminal acetylenes is 1. The number of amides is 1. The summed E-state index contributed by atoms with van der Waals surface area (Å²) in [5, 5.41) is 3.50. The van der Waals surface area contributed by atoms with Gasteiger partial charge >= 0.3 is 0 Å². The Labute approximate surface area is 246 Å². The predicted octanol–water partition coefficient (Wildman–Crippen LogP) is 4.94. The largest absolute Gasteiger partial charge is 0.490 e. The van der Waals surface area contributed by atoms with E-state index in [-0.39, 0.29) is 18.1 Å². The first-order valence-corrected chi connectivity index (χ1v) is 14.1. The lowest BCUT2D eigenvalue weighted by Crippen LogP contribution is -2.40. The average Bonchev–Trinajstić information content (AvgIpc) is 3.27. The molecule has 0 saturated carbocycles. The lowest BCUT2D eigenvalue weighted by atomic mass is 9.95. The number of rotatable bonds is 8. The summed E-state index contributed by atoms with van der Waals surface area (Å²) >= 11 is 7.43. The van der Waals surface area contributed by atoms with Gasteiger partial charge in [-0.25, -0.2) is 4.99 Å². The minimum absolute atomic E-state index is 0.113. The number of anilines is 1. The first-order valence-electron chi connectivity index (χ1n) is 12.9. The van der Waals surface area contributed by atoms with Gasteiger partial charge in [-0.3, -0.25) is 14.2 Å². The van der Waals surface area contributed by atoms with Crippen LogP contribution in [0, 0.1) is 12.3 Å². The highest BCUT2D eigenvalue weighted by Crippen LogP contribution is 2.32. The van der Waals surface area contributed by atoms with Crippen molar-refractivity contribution < 1.29 is 14.3 Å². The van der Waals surface area contributed by atoms with Crippen LogP contribution in [0.15, 0.2) is 93.9 Å². The second-order valence-electron chi connectivity index (χ2n) is 9.09. The van der Waals surface area contributed by atoms with E-state index in [0.717, 1.165) is 11.1 Å². The molecule has 1 aliphatic heterocycles. The SMILES string of the molecule is C#CCOc1ccc(/C=c2\sc3n(c2=O)[C@@H](c2ccc(Cl)cc2)C(C(=O)Nc2ccccc2)=C(C)N=3)cc1OCC. The quantitative estimate of drug-likeness (QED) is 0.298. The van der Waals surface area contributed by atoms with Gasteiger partial charge in [0, 0.05) is 10.7 Å². The number of allylic oxidation sites excluding steroid dienone is 1. The van der Waals surface area contributed by atoms with E-state index in [0.29, 0.717) is 49.4 Å². The highest BCUT2D eigenvalue weighted by atomic mass is 35.5. The van der Waals surface area contributed by atoms with Crippen LogP contribution in [0.5, 0.6) is 11.5 Å². The second-order valence-corrected chi connectivity index (χ2v) is 10.5. The summed E-state index contributed by atoms with van der Waals surface area (Å²) in [4.78, 5) is 32.8. The van der Waals surface area contributed by atoms with Gasteiger partial charge in [0.15, 0.2) is 16.3 Å². The number of fused-ring (bicyclic) bond motifs is 1. The van der Waals surface area contributed by atoms with Crippen molar-refractivity contribution in [3.63, 3.8) is 0 Å². The molecule has 2 heterocycles. The summed E-state index contributed by atoms with van der Waals surface area (Å²) in [6.07, 6.45) is 7.11. The van der Waals surface area contributed by atoms with Crippen molar-refractivity contribution >= 4 is 40.6 Å². The Morgan fingerprint density at radius 2 is 1.88 bits per heavy atom. The maximum absolute atomic E-state index is 13.9. The monoisotopic (exact) mass is 583 g/mol. The number of nitrogens with zero attached hydrogens (tertiary/aromatic N) is 2. The number of nitrogens with one attached hydrogen (secondary N) is 1. The van der Waals surface area contributed by atoms with Crippen molar-refractivity contribution in [1.29, 1.82) is 0 Å². The van der Waals surface area contributed by atoms with Crippen LogP contribution < -0.4 is 29.7 Å². The molecule has 0 saturated heterocycles. The lowest BCUT2D eigenvalue weighted by molar-refractivity contribution is -0.113. The number of thiazole rings is 1. The number of para-hydroxylation sites is 1. The Morgan fingerprint density at radius 1 is 1.12 bits per heavy atom. The summed E-state index contributed by atoms with van der Waals surface area (Å²) in [5.41, 5.74) is 2.76. The van der Waals surface area contributed by atoms with Gasteiger partial charge in [0.1, 0.15) is 6.61 Å². The van der Waals surface area contributed by atoms with Gasteiger partial charge in [-0.05, 0) is 67.4 Å². The van der Waals surface area contributed by atoms with E-state index >= 15 is 0 Å². The van der Waals surface area contributed by atoms with E-state index in [2.05, 4.69) is 11.2 Å². The van der Waals surface area contributed by atoms with Gasteiger partial charge in [-0.2, -0.15) is 0 Å². The molecule has 4 aromatic rings. The molecule has 0 unspecified atom stereocenters. The Kier molecular flexibility index (Phi) is 8.39. The number of hydrogen-bond donors (Lipinski definition) is 1. The van der Waals surface area contributed by atoms with Crippen molar-refractivity contribution in [2.24, 2.45) is 4.99 Å². The Morgan fingerprint density at radius 3 is 2.59 bits per heavy atom. The molecule has 9 heteroatoms. The molecule has 0 radical (unpaired) electrons. The third-order valence-electron chi connectivity index (χ3n) is 6.36. The number of aromatic nitrogens is 1. The van der Waals surface area contributed by atoms with E-state index in [4.69, 9.17) is 32.5 Å². The Bertz CT molecular complexity index is 1850. The second kappa shape index (κ2) is 12.3. The summed E-state index contributed by atoms with van der Waals surface area (Å²) in [7, 11) is 0. The maximum atomic E-state index is 13.9. The fraction of sp³-hybridized carbons (Fsp3) is 0.156. The molecule has 41 heavy (non-hydrogen) atoms. The van der Waals surface area contributed by atoms with Gasteiger partial charge < -0.3 is 14.8 Å². The van der Waals surface area contributed by atoms with Gasteiger partial charge in [-0.15, -0.1) is 6.42 Å². The molecule has 1 aromatic heterocycles. The molecule has 0 aliphatic carbocycles. The van der Waals surface area contributed by atoms with E-state index < -0.39 is 6.04 Å². The van der Waals surface area contributed by atoms with E-state index in [9.17, 15) is 9.59 Å². The summed E-state index contributed by atoms with van der Waals surface area (Å²) in [6.45, 7) is 4.21. The first kappa shape index (κ1) is 28.0. The van der Waals surface area contributed by atoms with Crippen molar-refractivity contribution in [3.8, 4) is 23.8 Å². The number of hydrogen-bond acceptors (Lipinski definition) is 6. The van der Waals surface area contributed by atoms with Gasteiger partial charge in [0.25, 0.3) is 11.5 Å². The molecular formula is C32H26ClN3O4S. The summed E-state index contributed by atoms with van der Waals surface area (Å²) in [6, 6.07) is 21.0. The third-order valence-corrected chi connectivity index (χ3v) is 7.60. The molecule has 1 aliphatic rings. The van der Waals surface area contributed by atoms with E-state index in [1.165, 1.54) is 11.3 Å². The normalized spacial score (nSPS) is 14.6. The minimum atomic E-state index is -0.701. The van der Waals surface area contributed by atoms with E-state index in [1.807, 2.05) is 43.3 Å². The smallest absolute Gasteiger partial charge is 0.271 e. The van der Waals surface area contributed by atoms with Crippen LogP contribution in [-0.2, 0) is 4.79 Å². The average molecular weight is 584 g/mol. The van der Waals surface area contributed by atoms with Gasteiger partial charge in [-0.1, -0.05) is 65.3 Å². The molecule has 0 bridgehead atoms.